The molecule has 1 aliphatic rings. The molecule has 1 amide bonds. The van der Waals surface area contributed by atoms with Gasteiger partial charge in [-0.05, 0) is 35.9 Å². The Bertz CT molecular complexity index is 866. The molecule has 0 radical (unpaired) electrons. The molecule has 0 spiro atoms. The quantitative estimate of drug-likeness (QED) is 0.616. The van der Waals surface area contributed by atoms with Gasteiger partial charge in [-0.25, -0.2) is 4.79 Å². The maximum atomic E-state index is 12.3. The SMILES string of the molecule is O=C(O)Cc1ccc(NC(=O)CN2CC(=O)Oc3ccc(Cl)cc32)cc1. The van der Waals surface area contributed by atoms with Crippen molar-refractivity contribution in [2.24, 2.45) is 0 Å². The smallest absolute Gasteiger partial charge is 0.331 e. The van der Waals surface area contributed by atoms with Crippen molar-refractivity contribution in [3.05, 3.63) is 53.1 Å². The maximum absolute atomic E-state index is 12.3. The molecule has 134 valence electrons. The third-order valence-corrected chi connectivity index (χ3v) is 3.97. The van der Waals surface area contributed by atoms with E-state index in [1.165, 1.54) is 0 Å². The van der Waals surface area contributed by atoms with Crippen LogP contribution in [0.1, 0.15) is 5.56 Å². The van der Waals surface area contributed by atoms with Gasteiger partial charge >= 0.3 is 11.9 Å². The van der Waals surface area contributed by atoms with Crippen LogP contribution in [0.5, 0.6) is 5.75 Å². The van der Waals surface area contributed by atoms with Crippen molar-refractivity contribution in [1.82, 2.24) is 0 Å². The average molecular weight is 375 g/mol. The fourth-order valence-corrected chi connectivity index (χ4v) is 2.78. The number of halogens is 1. The number of rotatable bonds is 5. The Labute approximate surface area is 154 Å². The van der Waals surface area contributed by atoms with Crippen LogP contribution in [-0.4, -0.2) is 36.0 Å². The second kappa shape index (κ2) is 7.45. The number of ether oxygens (including phenoxy) is 1. The van der Waals surface area contributed by atoms with Gasteiger partial charge in [0.05, 0.1) is 18.7 Å². The largest absolute Gasteiger partial charge is 0.481 e. The monoisotopic (exact) mass is 374 g/mol. The van der Waals surface area contributed by atoms with E-state index in [4.69, 9.17) is 21.4 Å². The number of fused-ring (bicyclic) bond motifs is 1. The van der Waals surface area contributed by atoms with Crippen LogP contribution < -0.4 is 15.0 Å². The molecule has 0 saturated carbocycles. The van der Waals surface area contributed by atoms with Crippen LogP contribution in [0.15, 0.2) is 42.5 Å². The van der Waals surface area contributed by atoms with E-state index in [1.54, 1.807) is 47.4 Å². The van der Waals surface area contributed by atoms with Gasteiger partial charge in [-0.15, -0.1) is 0 Å². The molecule has 0 aromatic heterocycles. The third kappa shape index (κ3) is 4.31. The number of carbonyl (C=O) groups excluding carboxylic acids is 2. The first kappa shape index (κ1) is 17.8. The van der Waals surface area contributed by atoms with E-state index < -0.39 is 11.9 Å². The molecule has 0 fully saturated rings. The molecule has 2 aromatic carbocycles. The number of aliphatic carboxylic acids is 1. The van der Waals surface area contributed by atoms with Gasteiger partial charge in [0, 0.05) is 10.7 Å². The van der Waals surface area contributed by atoms with E-state index in [2.05, 4.69) is 5.32 Å². The molecule has 1 aliphatic heterocycles. The molecule has 2 N–H and O–H groups in total. The topological polar surface area (TPSA) is 95.9 Å². The van der Waals surface area contributed by atoms with Crippen LogP contribution in [0.3, 0.4) is 0 Å². The third-order valence-electron chi connectivity index (χ3n) is 3.73. The summed E-state index contributed by atoms with van der Waals surface area (Å²) < 4.78 is 5.14. The lowest BCUT2D eigenvalue weighted by molar-refractivity contribution is -0.136. The second-order valence-electron chi connectivity index (χ2n) is 5.76. The average Bonchev–Trinajstić information content (AvgIpc) is 2.57. The molecule has 0 saturated heterocycles. The molecule has 0 atom stereocenters. The van der Waals surface area contributed by atoms with Crippen molar-refractivity contribution in [2.75, 3.05) is 23.3 Å². The van der Waals surface area contributed by atoms with Crippen molar-refractivity contribution in [3.8, 4) is 5.75 Å². The summed E-state index contributed by atoms with van der Waals surface area (Å²) in [5.74, 6) is -1.34. The zero-order chi connectivity index (χ0) is 18.7. The van der Waals surface area contributed by atoms with E-state index in [0.29, 0.717) is 27.7 Å². The molecule has 2 aromatic rings. The van der Waals surface area contributed by atoms with Gasteiger partial charge in [0.1, 0.15) is 6.54 Å². The summed E-state index contributed by atoms with van der Waals surface area (Å²) in [6, 6.07) is 11.4. The molecule has 0 unspecified atom stereocenters. The van der Waals surface area contributed by atoms with Crippen molar-refractivity contribution >= 4 is 40.8 Å². The normalized spacial score (nSPS) is 13.0. The molecule has 0 aliphatic carbocycles. The first-order valence-electron chi connectivity index (χ1n) is 7.76. The highest BCUT2D eigenvalue weighted by atomic mass is 35.5. The Morgan fingerprint density at radius 1 is 1.19 bits per heavy atom. The first-order valence-corrected chi connectivity index (χ1v) is 8.14. The predicted octanol–water partition coefficient (Wildman–Crippen LogP) is 2.33. The summed E-state index contributed by atoms with van der Waals surface area (Å²) in [6.07, 6.45) is -0.0817. The number of nitrogens with zero attached hydrogens (tertiary/aromatic N) is 1. The maximum Gasteiger partial charge on any atom is 0.331 e. The Morgan fingerprint density at radius 3 is 2.62 bits per heavy atom. The highest BCUT2D eigenvalue weighted by molar-refractivity contribution is 6.31. The van der Waals surface area contributed by atoms with Gasteiger partial charge < -0.3 is 20.1 Å². The fraction of sp³-hybridized carbons (Fsp3) is 0.167. The number of carboxylic acids is 1. The number of hydrogen-bond acceptors (Lipinski definition) is 5. The molecule has 3 rings (SSSR count). The van der Waals surface area contributed by atoms with E-state index in [0.717, 1.165) is 0 Å². The van der Waals surface area contributed by atoms with Crippen LogP contribution in [0.25, 0.3) is 0 Å². The number of benzene rings is 2. The van der Waals surface area contributed by atoms with Gasteiger partial charge in [0.15, 0.2) is 5.75 Å². The standard InChI is InChI=1S/C18H15ClN2O5/c19-12-3-6-15-14(8-12)21(10-18(25)26-15)9-16(22)20-13-4-1-11(2-5-13)7-17(23)24/h1-6,8H,7,9-10H2,(H,20,22)(H,23,24). The Morgan fingerprint density at radius 2 is 1.92 bits per heavy atom. The van der Waals surface area contributed by atoms with Crippen molar-refractivity contribution in [3.63, 3.8) is 0 Å². The number of hydrogen-bond donors (Lipinski definition) is 2. The minimum absolute atomic E-state index is 0.0562. The van der Waals surface area contributed by atoms with Gasteiger partial charge in [0.2, 0.25) is 5.91 Å². The number of carboxylic acid groups (broad SMARTS) is 1. The summed E-state index contributed by atoms with van der Waals surface area (Å²) in [7, 11) is 0. The fourth-order valence-electron chi connectivity index (χ4n) is 2.62. The minimum atomic E-state index is -0.920. The molecule has 8 heteroatoms. The van der Waals surface area contributed by atoms with Gasteiger partial charge in [-0.1, -0.05) is 23.7 Å². The molecule has 26 heavy (non-hydrogen) atoms. The lowest BCUT2D eigenvalue weighted by Gasteiger charge is -2.29. The lowest BCUT2D eigenvalue weighted by Crippen LogP contribution is -2.41. The first-order chi connectivity index (χ1) is 12.4. The van der Waals surface area contributed by atoms with E-state index in [-0.39, 0.29) is 25.4 Å². The van der Waals surface area contributed by atoms with Crippen molar-refractivity contribution < 1.29 is 24.2 Å². The van der Waals surface area contributed by atoms with E-state index in [1.807, 2.05) is 0 Å². The predicted molar refractivity (Wildman–Crippen MR) is 95.7 cm³/mol. The van der Waals surface area contributed by atoms with Gasteiger partial charge in [0.25, 0.3) is 0 Å². The summed E-state index contributed by atoms with van der Waals surface area (Å²) in [5, 5.41) is 12.0. The van der Waals surface area contributed by atoms with Gasteiger partial charge in [-0.2, -0.15) is 0 Å². The zero-order valence-corrected chi connectivity index (χ0v) is 14.3. The van der Waals surface area contributed by atoms with E-state index >= 15 is 0 Å². The van der Waals surface area contributed by atoms with Crippen LogP contribution in [0.4, 0.5) is 11.4 Å². The summed E-state index contributed by atoms with van der Waals surface area (Å²) in [6.45, 7) is -0.113. The molecule has 0 bridgehead atoms. The Balaban J connectivity index is 1.68. The van der Waals surface area contributed by atoms with Crippen molar-refractivity contribution in [2.45, 2.75) is 6.42 Å². The highest BCUT2D eigenvalue weighted by Gasteiger charge is 2.26. The summed E-state index contributed by atoms with van der Waals surface area (Å²) in [5.41, 5.74) is 1.75. The van der Waals surface area contributed by atoms with Crippen LogP contribution >= 0.6 is 11.6 Å². The van der Waals surface area contributed by atoms with Crippen LogP contribution in [0.2, 0.25) is 5.02 Å². The number of esters is 1. The number of nitrogens with one attached hydrogen (secondary N) is 1. The number of amides is 1. The van der Waals surface area contributed by atoms with E-state index in [9.17, 15) is 14.4 Å². The number of carbonyl (C=O) groups is 3. The molecule has 1 heterocycles. The molecular weight excluding hydrogens is 360 g/mol. The summed E-state index contributed by atoms with van der Waals surface area (Å²) >= 11 is 5.99. The van der Waals surface area contributed by atoms with Crippen LogP contribution in [-0.2, 0) is 20.8 Å². The van der Waals surface area contributed by atoms with Gasteiger partial charge in [-0.3, -0.25) is 9.59 Å². The molecular formula is C18H15ClN2O5. The summed E-state index contributed by atoms with van der Waals surface area (Å²) in [4.78, 5) is 36.3. The lowest BCUT2D eigenvalue weighted by atomic mass is 10.1. The van der Waals surface area contributed by atoms with Crippen LogP contribution in [0, 0.1) is 0 Å². The minimum Gasteiger partial charge on any atom is -0.481 e. The molecule has 7 nitrogen and oxygen atoms in total. The number of anilines is 2. The second-order valence-corrected chi connectivity index (χ2v) is 6.19. The highest BCUT2D eigenvalue weighted by Crippen LogP contribution is 2.34. The Hall–Kier alpha value is -3.06. The Kier molecular flexibility index (Phi) is 5.09. The zero-order valence-electron chi connectivity index (χ0n) is 13.6. The van der Waals surface area contributed by atoms with Crippen molar-refractivity contribution in [1.29, 1.82) is 0 Å².